The van der Waals surface area contributed by atoms with Crippen LogP contribution in [0.25, 0.3) is 0 Å². The van der Waals surface area contributed by atoms with Crippen LogP contribution in [0.3, 0.4) is 0 Å². The second-order valence-corrected chi connectivity index (χ2v) is 5.83. The van der Waals surface area contributed by atoms with E-state index in [9.17, 15) is 0 Å². The molecule has 2 rings (SSSR count). The Hall–Kier alpha value is -0.410. The minimum absolute atomic E-state index is 0.708. The molecule has 1 aliphatic rings. The van der Waals surface area contributed by atoms with Gasteiger partial charge in [-0.1, -0.05) is 19.8 Å². The smallest absolute Gasteiger partial charge is 0.0897 e. The van der Waals surface area contributed by atoms with E-state index in [1.54, 1.807) is 11.3 Å². The summed E-state index contributed by atoms with van der Waals surface area (Å²) >= 11 is 1.80. The lowest BCUT2D eigenvalue weighted by atomic mass is 10.1. The molecule has 1 unspecified atom stereocenters. The Kier molecular flexibility index (Phi) is 3.76. The zero-order chi connectivity index (χ0) is 10.7. The number of aryl methyl sites for hydroxylation is 1. The lowest BCUT2D eigenvalue weighted by Gasteiger charge is -2.15. The van der Waals surface area contributed by atoms with Gasteiger partial charge in [0.1, 0.15) is 0 Å². The first kappa shape index (κ1) is 11.1. The molecule has 1 aliphatic carbocycles. The number of nitrogens with one attached hydrogen (secondary N) is 1. The third-order valence-corrected chi connectivity index (χ3v) is 3.95. The normalized spacial score (nSPS) is 18.0. The molecule has 15 heavy (non-hydrogen) atoms. The molecule has 84 valence electrons. The maximum Gasteiger partial charge on any atom is 0.0897 e. The van der Waals surface area contributed by atoms with Gasteiger partial charge in [0.25, 0.3) is 0 Å². The van der Waals surface area contributed by atoms with Crippen LogP contribution < -0.4 is 5.32 Å². The van der Waals surface area contributed by atoms with Crippen molar-refractivity contribution in [3.63, 3.8) is 0 Å². The Morgan fingerprint density at radius 2 is 2.40 bits per heavy atom. The molecule has 0 bridgehead atoms. The van der Waals surface area contributed by atoms with Crippen LogP contribution in [0.5, 0.6) is 0 Å². The maximum absolute atomic E-state index is 4.27. The van der Waals surface area contributed by atoms with Crippen molar-refractivity contribution in [2.75, 3.05) is 0 Å². The minimum Gasteiger partial charge on any atom is -0.309 e. The van der Waals surface area contributed by atoms with Crippen molar-refractivity contribution in [3.05, 3.63) is 16.1 Å². The second kappa shape index (κ2) is 5.08. The summed E-state index contributed by atoms with van der Waals surface area (Å²) in [6, 6.07) is 0.708. The Bertz CT molecular complexity index is 304. The molecule has 0 aromatic carbocycles. The topological polar surface area (TPSA) is 24.9 Å². The van der Waals surface area contributed by atoms with E-state index in [4.69, 9.17) is 0 Å². The van der Waals surface area contributed by atoms with E-state index in [1.165, 1.54) is 35.6 Å². The summed E-state index contributed by atoms with van der Waals surface area (Å²) in [5.74, 6) is 1.02. The summed E-state index contributed by atoms with van der Waals surface area (Å²) in [7, 11) is 0. The zero-order valence-corrected chi connectivity index (χ0v) is 10.4. The molecule has 2 nitrogen and oxygen atoms in total. The highest BCUT2D eigenvalue weighted by atomic mass is 32.1. The van der Waals surface area contributed by atoms with Crippen LogP contribution in [0, 0.1) is 12.8 Å². The Morgan fingerprint density at radius 3 is 2.93 bits per heavy atom. The lowest BCUT2D eigenvalue weighted by molar-refractivity contribution is 0.446. The molecule has 1 aromatic heterocycles. The van der Waals surface area contributed by atoms with Gasteiger partial charge < -0.3 is 5.32 Å². The minimum atomic E-state index is 0.708. The average Bonchev–Trinajstić information content (AvgIpc) is 2.95. The van der Waals surface area contributed by atoms with Gasteiger partial charge in [-0.05, 0) is 25.7 Å². The molecule has 1 atom stereocenters. The quantitative estimate of drug-likeness (QED) is 0.803. The zero-order valence-electron chi connectivity index (χ0n) is 9.62. The van der Waals surface area contributed by atoms with E-state index in [-0.39, 0.29) is 0 Å². The number of rotatable bonds is 6. The van der Waals surface area contributed by atoms with Gasteiger partial charge in [0, 0.05) is 23.7 Å². The number of hydrogen-bond donors (Lipinski definition) is 1. The van der Waals surface area contributed by atoms with Gasteiger partial charge in [-0.25, -0.2) is 4.98 Å². The van der Waals surface area contributed by atoms with Crippen molar-refractivity contribution in [2.24, 2.45) is 5.92 Å². The van der Waals surface area contributed by atoms with Gasteiger partial charge in [0.05, 0.1) is 5.01 Å². The van der Waals surface area contributed by atoms with E-state index in [0.717, 1.165) is 12.5 Å². The van der Waals surface area contributed by atoms with Crippen LogP contribution in [0.2, 0.25) is 0 Å². The molecule has 0 spiro atoms. The number of aromatic nitrogens is 1. The van der Waals surface area contributed by atoms with Gasteiger partial charge in [-0.2, -0.15) is 0 Å². The Morgan fingerprint density at radius 1 is 1.60 bits per heavy atom. The summed E-state index contributed by atoms with van der Waals surface area (Å²) in [5.41, 5.74) is 0. The summed E-state index contributed by atoms with van der Waals surface area (Å²) in [4.78, 5) is 5.63. The van der Waals surface area contributed by atoms with Crippen molar-refractivity contribution < 1.29 is 0 Å². The van der Waals surface area contributed by atoms with Crippen molar-refractivity contribution in [1.82, 2.24) is 10.3 Å². The van der Waals surface area contributed by atoms with Crippen LogP contribution in [0.4, 0.5) is 0 Å². The predicted molar refractivity (Wildman–Crippen MR) is 65.1 cm³/mol. The van der Waals surface area contributed by atoms with E-state index < -0.39 is 0 Å². The van der Waals surface area contributed by atoms with Crippen LogP contribution >= 0.6 is 11.3 Å². The Labute approximate surface area is 96.1 Å². The second-order valence-electron chi connectivity index (χ2n) is 4.51. The summed E-state index contributed by atoms with van der Waals surface area (Å²) < 4.78 is 0. The Balaban J connectivity index is 1.74. The predicted octanol–water partition coefficient (Wildman–Crippen LogP) is 3.12. The number of thiazole rings is 1. The number of hydrogen-bond acceptors (Lipinski definition) is 3. The van der Waals surface area contributed by atoms with Gasteiger partial charge in [0.2, 0.25) is 0 Å². The summed E-state index contributed by atoms with van der Waals surface area (Å²) in [6.45, 7) is 5.34. The molecule has 0 amide bonds. The summed E-state index contributed by atoms with van der Waals surface area (Å²) in [6.07, 6.45) is 7.52. The molecule has 0 saturated heterocycles. The van der Waals surface area contributed by atoms with Crippen molar-refractivity contribution in [1.29, 1.82) is 0 Å². The standard InChI is InChI=1S/C12H20N2S/c1-3-11(6-10-4-5-10)14-8-12-7-13-9(2)15-12/h7,10-11,14H,3-6,8H2,1-2H3. The van der Waals surface area contributed by atoms with Crippen molar-refractivity contribution in [2.45, 2.75) is 52.1 Å². The largest absolute Gasteiger partial charge is 0.309 e. The molecule has 1 saturated carbocycles. The van der Waals surface area contributed by atoms with Gasteiger partial charge in [0.15, 0.2) is 0 Å². The molecular formula is C12H20N2S. The third-order valence-electron chi connectivity index (χ3n) is 3.04. The first-order valence-corrected chi connectivity index (χ1v) is 6.74. The maximum atomic E-state index is 4.27. The van der Waals surface area contributed by atoms with Crippen LogP contribution in [-0.4, -0.2) is 11.0 Å². The molecule has 1 aromatic rings. The van der Waals surface area contributed by atoms with Gasteiger partial charge in [-0.15, -0.1) is 11.3 Å². The third kappa shape index (κ3) is 3.58. The fourth-order valence-corrected chi connectivity index (χ4v) is 2.63. The highest BCUT2D eigenvalue weighted by molar-refractivity contribution is 7.11. The monoisotopic (exact) mass is 224 g/mol. The average molecular weight is 224 g/mol. The summed E-state index contributed by atoms with van der Waals surface area (Å²) in [5, 5.41) is 4.81. The van der Waals surface area contributed by atoms with E-state index in [2.05, 4.69) is 24.1 Å². The highest BCUT2D eigenvalue weighted by Crippen LogP contribution is 2.34. The SMILES string of the molecule is CCC(CC1CC1)NCc1cnc(C)s1. The fourth-order valence-electron chi connectivity index (χ4n) is 1.88. The van der Waals surface area contributed by atoms with Crippen LogP contribution in [0.1, 0.15) is 42.5 Å². The van der Waals surface area contributed by atoms with Gasteiger partial charge >= 0.3 is 0 Å². The number of nitrogens with zero attached hydrogens (tertiary/aromatic N) is 1. The van der Waals surface area contributed by atoms with Crippen LogP contribution in [-0.2, 0) is 6.54 Å². The molecule has 0 radical (unpaired) electrons. The molecular weight excluding hydrogens is 204 g/mol. The molecule has 1 heterocycles. The molecule has 0 aliphatic heterocycles. The first-order valence-electron chi connectivity index (χ1n) is 5.92. The van der Waals surface area contributed by atoms with Crippen LogP contribution in [0.15, 0.2) is 6.20 Å². The van der Waals surface area contributed by atoms with E-state index in [0.29, 0.717) is 6.04 Å². The van der Waals surface area contributed by atoms with Crippen molar-refractivity contribution >= 4 is 11.3 Å². The molecule has 1 N–H and O–H groups in total. The van der Waals surface area contributed by atoms with Crippen molar-refractivity contribution in [3.8, 4) is 0 Å². The van der Waals surface area contributed by atoms with E-state index >= 15 is 0 Å². The first-order chi connectivity index (χ1) is 7.28. The van der Waals surface area contributed by atoms with Gasteiger partial charge in [-0.3, -0.25) is 0 Å². The molecule has 3 heteroatoms. The highest BCUT2D eigenvalue weighted by Gasteiger charge is 2.24. The molecule has 1 fully saturated rings. The fraction of sp³-hybridized carbons (Fsp3) is 0.750. The lowest BCUT2D eigenvalue weighted by Crippen LogP contribution is -2.28. The van der Waals surface area contributed by atoms with E-state index in [1.807, 2.05) is 6.20 Å².